The highest BCUT2D eigenvalue weighted by atomic mass is 14.6. The Labute approximate surface area is 70.5 Å². The van der Waals surface area contributed by atoms with Crippen LogP contribution in [0.5, 0.6) is 0 Å². The van der Waals surface area contributed by atoms with Gasteiger partial charge < -0.3 is 0 Å². The van der Waals surface area contributed by atoms with Crippen LogP contribution in [0.3, 0.4) is 0 Å². The number of aryl methyl sites for hydroxylation is 1. The second-order valence-electron chi connectivity index (χ2n) is 1.71. The second-order valence-corrected chi connectivity index (χ2v) is 1.71. The zero-order valence-corrected chi connectivity index (χ0v) is 6.96. The molecular formula is C10H19N. The van der Waals surface area contributed by atoms with E-state index in [9.17, 15) is 0 Å². The van der Waals surface area contributed by atoms with Gasteiger partial charge in [0.2, 0.25) is 0 Å². The van der Waals surface area contributed by atoms with E-state index in [4.69, 9.17) is 0 Å². The van der Waals surface area contributed by atoms with Gasteiger partial charge in [-0.15, -0.1) is 0 Å². The number of hydrogen-bond acceptors (Lipinski definition) is 1. The molecule has 1 aromatic rings. The fourth-order valence-corrected chi connectivity index (χ4v) is 0.618. The van der Waals surface area contributed by atoms with Gasteiger partial charge in [-0.25, -0.2) is 0 Å². The zero-order valence-electron chi connectivity index (χ0n) is 6.96. The van der Waals surface area contributed by atoms with Crippen molar-refractivity contribution in [1.82, 2.24) is 4.98 Å². The van der Waals surface area contributed by atoms with E-state index in [1.807, 2.05) is 38.4 Å². The van der Waals surface area contributed by atoms with Crippen LogP contribution < -0.4 is 0 Å². The van der Waals surface area contributed by atoms with E-state index in [0.29, 0.717) is 0 Å². The molecule has 0 aliphatic rings. The first kappa shape index (κ1) is 12.8. The maximum atomic E-state index is 3.89. The van der Waals surface area contributed by atoms with Gasteiger partial charge in [0.05, 0.1) is 0 Å². The van der Waals surface area contributed by atoms with Crippen LogP contribution in [-0.4, -0.2) is 4.98 Å². The summed E-state index contributed by atoms with van der Waals surface area (Å²) in [5.41, 5.74) is 1.35. The lowest BCUT2D eigenvalue weighted by Gasteiger charge is -1.89. The zero-order chi connectivity index (χ0) is 7.82. The van der Waals surface area contributed by atoms with Crippen LogP contribution >= 0.6 is 0 Å². The van der Waals surface area contributed by atoms with Gasteiger partial charge in [0.15, 0.2) is 0 Å². The number of nitrogens with zero attached hydrogens (tertiary/aromatic N) is 1. The van der Waals surface area contributed by atoms with Crippen LogP contribution in [-0.2, 0) is 6.42 Å². The molecule has 0 aliphatic carbocycles. The number of aromatic nitrogens is 1. The van der Waals surface area contributed by atoms with Crippen molar-refractivity contribution < 1.29 is 0 Å². The quantitative estimate of drug-likeness (QED) is 0.603. The van der Waals surface area contributed by atoms with Crippen molar-refractivity contribution in [2.24, 2.45) is 0 Å². The van der Waals surface area contributed by atoms with E-state index in [-0.39, 0.29) is 7.43 Å². The molecule has 0 saturated heterocycles. The highest BCUT2D eigenvalue weighted by molar-refractivity contribution is 5.08. The monoisotopic (exact) mass is 153 g/mol. The summed E-state index contributed by atoms with van der Waals surface area (Å²) >= 11 is 0. The minimum absolute atomic E-state index is 0. The molecule has 0 N–H and O–H groups in total. The van der Waals surface area contributed by atoms with Crippen molar-refractivity contribution >= 4 is 0 Å². The van der Waals surface area contributed by atoms with Gasteiger partial charge in [-0.2, -0.15) is 0 Å². The molecule has 1 aromatic heterocycles. The first-order valence-electron chi connectivity index (χ1n) is 3.82. The van der Waals surface area contributed by atoms with Crippen molar-refractivity contribution in [1.29, 1.82) is 0 Å². The normalized spacial score (nSPS) is 7.18. The minimum atomic E-state index is 0. The number of hydrogen-bond donors (Lipinski definition) is 0. The molecule has 1 nitrogen and oxygen atoms in total. The average Bonchev–Trinajstić information content (AvgIpc) is 2.10. The molecule has 0 bridgehead atoms. The Hall–Kier alpha value is -0.850. The first-order chi connectivity index (χ1) is 4.93. The molecule has 0 spiro atoms. The summed E-state index contributed by atoms with van der Waals surface area (Å²) in [4.78, 5) is 3.89. The minimum Gasteiger partial charge on any atom is -0.265 e. The summed E-state index contributed by atoms with van der Waals surface area (Å²) in [6, 6.07) is 4.06. The molecular weight excluding hydrogens is 134 g/mol. The van der Waals surface area contributed by atoms with Gasteiger partial charge in [-0.1, -0.05) is 28.2 Å². The summed E-state index contributed by atoms with van der Waals surface area (Å²) in [6.45, 7) is 6.13. The summed E-state index contributed by atoms with van der Waals surface area (Å²) in [6.07, 6.45) is 4.74. The van der Waals surface area contributed by atoms with Gasteiger partial charge >= 0.3 is 0 Å². The van der Waals surface area contributed by atoms with Crippen LogP contribution in [0.25, 0.3) is 0 Å². The summed E-state index contributed by atoms with van der Waals surface area (Å²) < 4.78 is 0. The lowest BCUT2D eigenvalue weighted by atomic mass is 10.2. The summed E-state index contributed by atoms with van der Waals surface area (Å²) in [7, 11) is 0. The molecule has 0 fully saturated rings. The molecule has 11 heavy (non-hydrogen) atoms. The predicted octanol–water partition coefficient (Wildman–Crippen LogP) is 3.31. The molecule has 0 unspecified atom stereocenters. The molecule has 64 valence electrons. The molecule has 1 heterocycles. The maximum absolute atomic E-state index is 3.89. The predicted molar refractivity (Wildman–Crippen MR) is 51.7 cm³/mol. The van der Waals surface area contributed by atoms with E-state index in [2.05, 4.69) is 11.9 Å². The van der Waals surface area contributed by atoms with Crippen molar-refractivity contribution in [2.45, 2.75) is 34.6 Å². The molecule has 1 rings (SSSR count). The van der Waals surface area contributed by atoms with Crippen molar-refractivity contribution in [3.63, 3.8) is 0 Å². The lowest BCUT2D eigenvalue weighted by Crippen LogP contribution is -1.76. The standard InChI is InChI=1S/C7H9N.C2H6.CH4/c1-2-7-3-5-8-6-4-7;1-2;/h3-6H,2H2,1H3;1-2H3;1H4. The molecule has 1 heteroatoms. The largest absolute Gasteiger partial charge is 0.265 e. The smallest absolute Gasteiger partial charge is 0.0270 e. The third kappa shape index (κ3) is 5.59. The first-order valence-corrected chi connectivity index (χ1v) is 3.82. The Bertz CT molecular complexity index is 146. The summed E-state index contributed by atoms with van der Waals surface area (Å²) in [5, 5.41) is 0. The average molecular weight is 153 g/mol. The molecule has 0 aliphatic heterocycles. The van der Waals surface area contributed by atoms with Crippen LogP contribution in [0.4, 0.5) is 0 Å². The molecule has 0 radical (unpaired) electrons. The fourth-order valence-electron chi connectivity index (χ4n) is 0.618. The third-order valence-electron chi connectivity index (χ3n) is 1.16. The Balaban J connectivity index is 0. The number of rotatable bonds is 1. The Morgan fingerprint density at radius 1 is 1.18 bits per heavy atom. The molecule has 0 saturated carbocycles. The van der Waals surface area contributed by atoms with E-state index in [1.165, 1.54) is 5.56 Å². The SMILES string of the molecule is C.CC.CCc1ccncc1. The van der Waals surface area contributed by atoms with Crippen LogP contribution in [0.15, 0.2) is 24.5 Å². The Morgan fingerprint density at radius 2 is 1.64 bits per heavy atom. The van der Waals surface area contributed by atoms with Gasteiger partial charge in [-0.05, 0) is 24.1 Å². The Morgan fingerprint density at radius 3 is 1.91 bits per heavy atom. The van der Waals surface area contributed by atoms with E-state index >= 15 is 0 Å². The maximum Gasteiger partial charge on any atom is 0.0270 e. The topological polar surface area (TPSA) is 12.9 Å². The van der Waals surface area contributed by atoms with Crippen LogP contribution in [0.1, 0.15) is 33.8 Å². The highest BCUT2D eigenvalue weighted by Crippen LogP contribution is 1.94. The van der Waals surface area contributed by atoms with Gasteiger partial charge in [0, 0.05) is 12.4 Å². The second kappa shape index (κ2) is 9.15. The van der Waals surface area contributed by atoms with Crippen molar-refractivity contribution in [3.8, 4) is 0 Å². The third-order valence-corrected chi connectivity index (χ3v) is 1.16. The summed E-state index contributed by atoms with van der Waals surface area (Å²) in [5.74, 6) is 0. The molecule has 0 aromatic carbocycles. The van der Waals surface area contributed by atoms with Gasteiger partial charge in [-0.3, -0.25) is 4.98 Å². The number of pyridine rings is 1. The molecule has 0 amide bonds. The fraction of sp³-hybridized carbons (Fsp3) is 0.500. The van der Waals surface area contributed by atoms with Gasteiger partial charge in [0.25, 0.3) is 0 Å². The van der Waals surface area contributed by atoms with E-state index < -0.39 is 0 Å². The van der Waals surface area contributed by atoms with Crippen molar-refractivity contribution in [3.05, 3.63) is 30.1 Å². The van der Waals surface area contributed by atoms with E-state index in [1.54, 1.807) is 0 Å². The van der Waals surface area contributed by atoms with Crippen LogP contribution in [0, 0.1) is 0 Å². The van der Waals surface area contributed by atoms with E-state index in [0.717, 1.165) is 6.42 Å². The van der Waals surface area contributed by atoms with Crippen LogP contribution in [0.2, 0.25) is 0 Å². The Kier molecular flexibility index (Phi) is 10.6. The molecule has 0 atom stereocenters. The highest BCUT2D eigenvalue weighted by Gasteiger charge is 1.80. The lowest BCUT2D eigenvalue weighted by molar-refractivity contribution is 1.12. The van der Waals surface area contributed by atoms with Gasteiger partial charge in [0.1, 0.15) is 0 Å². The van der Waals surface area contributed by atoms with Crippen molar-refractivity contribution in [2.75, 3.05) is 0 Å².